The zero-order chi connectivity index (χ0) is 18.0. The number of carbonyl (C=O) groups is 1. The number of fused-ring (bicyclic) bond motifs is 1. The van der Waals surface area contributed by atoms with Gasteiger partial charge in [-0.3, -0.25) is 14.9 Å². The molecule has 1 aliphatic heterocycles. The maximum Gasteiger partial charge on any atom is 0.269 e. The van der Waals surface area contributed by atoms with E-state index in [1.165, 1.54) is 6.07 Å². The SMILES string of the molecule is O=C(NCc1cc([N+](=O)[O-])ccc1[O-])[C@H]1COc2ccc(Cl)cc2C1. The van der Waals surface area contributed by atoms with Crippen LogP contribution < -0.4 is 15.2 Å². The summed E-state index contributed by atoms with van der Waals surface area (Å²) >= 11 is 5.96. The lowest BCUT2D eigenvalue weighted by atomic mass is 9.96. The number of hydrogen-bond donors (Lipinski definition) is 1. The molecule has 0 unspecified atom stereocenters. The minimum absolute atomic E-state index is 0.0712. The van der Waals surface area contributed by atoms with Gasteiger partial charge in [-0.05, 0) is 35.7 Å². The zero-order valence-corrected chi connectivity index (χ0v) is 13.8. The molecule has 1 atom stereocenters. The number of amides is 1. The van der Waals surface area contributed by atoms with E-state index in [-0.39, 0.29) is 36.1 Å². The summed E-state index contributed by atoms with van der Waals surface area (Å²) in [4.78, 5) is 22.5. The minimum atomic E-state index is -0.583. The van der Waals surface area contributed by atoms with Gasteiger partial charge in [-0.1, -0.05) is 17.7 Å². The van der Waals surface area contributed by atoms with Crippen LogP contribution in [0.4, 0.5) is 5.69 Å². The van der Waals surface area contributed by atoms with Gasteiger partial charge in [0, 0.05) is 23.7 Å². The highest BCUT2D eigenvalue weighted by Gasteiger charge is 2.26. The molecule has 0 bridgehead atoms. The minimum Gasteiger partial charge on any atom is -0.872 e. The number of rotatable bonds is 4. The van der Waals surface area contributed by atoms with Gasteiger partial charge in [0.15, 0.2) is 0 Å². The van der Waals surface area contributed by atoms with Gasteiger partial charge < -0.3 is 15.2 Å². The molecule has 0 saturated heterocycles. The number of benzene rings is 2. The maximum absolute atomic E-state index is 12.3. The Morgan fingerprint density at radius 2 is 2.12 bits per heavy atom. The first-order valence-electron chi connectivity index (χ1n) is 7.57. The van der Waals surface area contributed by atoms with Crippen LogP contribution >= 0.6 is 11.6 Å². The van der Waals surface area contributed by atoms with Crippen LogP contribution in [0.15, 0.2) is 36.4 Å². The molecule has 1 aliphatic rings. The maximum atomic E-state index is 12.3. The molecule has 7 nitrogen and oxygen atoms in total. The highest BCUT2D eigenvalue weighted by molar-refractivity contribution is 6.30. The van der Waals surface area contributed by atoms with E-state index in [1.54, 1.807) is 18.2 Å². The monoisotopic (exact) mass is 361 g/mol. The van der Waals surface area contributed by atoms with E-state index < -0.39 is 10.8 Å². The average Bonchev–Trinajstić information content (AvgIpc) is 2.59. The molecule has 0 aromatic heterocycles. The second kappa shape index (κ2) is 6.98. The van der Waals surface area contributed by atoms with E-state index in [9.17, 15) is 20.0 Å². The summed E-state index contributed by atoms with van der Waals surface area (Å²) < 4.78 is 5.57. The molecule has 0 radical (unpaired) electrons. The number of halogens is 1. The van der Waals surface area contributed by atoms with Gasteiger partial charge >= 0.3 is 0 Å². The number of hydrogen-bond acceptors (Lipinski definition) is 5. The lowest BCUT2D eigenvalue weighted by Gasteiger charge is -2.25. The van der Waals surface area contributed by atoms with Crippen LogP contribution in [0.5, 0.6) is 11.5 Å². The summed E-state index contributed by atoms with van der Waals surface area (Å²) in [6, 6.07) is 8.68. The van der Waals surface area contributed by atoms with Crippen LogP contribution in [-0.2, 0) is 17.8 Å². The number of nitro benzene ring substituents is 1. The fourth-order valence-electron chi connectivity index (χ4n) is 2.68. The predicted molar refractivity (Wildman–Crippen MR) is 88.5 cm³/mol. The molecule has 2 aromatic carbocycles. The standard InChI is InChI=1S/C17H15ClN2O5/c18-13-1-4-16-10(6-13)5-12(9-25-16)17(22)19-8-11-7-14(20(23)24)2-3-15(11)21/h1-4,6-7,12,21H,5,8-9H2,(H,19,22)/p-1/t12-/m1/s1. The Morgan fingerprint density at radius 3 is 2.88 bits per heavy atom. The van der Waals surface area contributed by atoms with Crippen LogP contribution in [0, 0.1) is 16.0 Å². The largest absolute Gasteiger partial charge is 0.872 e. The number of non-ortho nitro benzene ring substituents is 1. The van der Waals surface area contributed by atoms with Crippen LogP contribution in [0.2, 0.25) is 5.02 Å². The van der Waals surface area contributed by atoms with E-state index in [1.807, 2.05) is 0 Å². The van der Waals surface area contributed by atoms with Gasteiger partial charge in [-0.15, -0.1) is 5.75 Å². The fraction of sp³-hybridized carbons (Fsp3) is 0.235. The van der Waals surface area contributed by atoms with Crippen molar-refractivity contribution in [3.8, 4) is 11.5 Å². The molecule has 0 saturated carbocycles. The number of nitro groups is 1. The molecule has 8 heteroatoms. The number of nitrogens with one attached hydrogen (secondary N) is 1. The topological polar surface area (TPSA) is 105 Å². The van der Waals surface area contributed by atoms with Crippen molar-refractivity contribution >= 4 is 23.2 Å². The fourth-order valence-corrected chi connectivity index (χ4v) is 2.87. The molecule has 0 aliphatic carbocycles. The van der Waals surface area contributed by atoms with Crippen molar-refractivity contribution in [2.24, 2.45) is 5.92 Å². The Bertz CT molecular complexity index is 840. The molecule has 0 spiro atoms. The highest BCUT2D eigenvalue weighted by atomic mass is 35.5. The third-order valence-electron chi connectivity index (χ3n) is 4.01. The highest BCUT2D eigenvalue weighted by Crippen LogP contribution is 2.30. The molecule has 1 amide bonds. The van der Waals surface area contributed by atoms with Gasteiger partial charge in [0.25, 0.3) is 5.69 Å². The number of carbonyl (C=O) groups excluding carboxylic acids is 1. The van der Waals surface area contributed by atoms with Gasteiger partial charge in [-0.25, -0.2) is 0 Å². The van der Waals surface area contributed by atoms with E-state index in [4.69, 9.17) is 16.3 Å². The van der Waals surface area contributed by atoms with Crippen LogP contribution in [0.1, 0.15) is 11.1 Å². The van der Waals surface area contributed by atoms with Gasteiger partial charge in [0.1, 0.15) is 12.4 Å². The molecule has 1 N–H and O–H groups in total. The normalized spacial score (nSPS) is 15.8. The molecule has 130 valence electrons. The van der Waals surface area contributed by atoms with Crippen LogP contribution in [0.3, 0.4) is 0 Å². The molecular weight excluding hydrogens is 348 g/mol. The molecule has 1 heterocycles. The Balaban J connectivity index is 1.66. The lowest BCUT2D eigenvalue weighted by Crippen LogP contribution is -2.37. The van der Waals surface area contributed by atoms with Crippen molar-refractivity contribution in [1.29, 1.82) is 0 Å². The van der Waals surface area contributed by atoms with Crippen molar-refractivity contribution in [1.82, 2.24) is 5.32 Å². The predicted octanol–water partition coefficient (Wildman–Crippen LogP) is 2.19. The second-order valence-corrected chi connectivity index (χ2v) is 6.17. The smallest absolute Gasteiger partial charge is 0.269 e. The zero-order valence-electron chi connectivity index (χ0n) is 13.0. The van der Waals surface area contributed by atoms with Crippen molar-refractivity contribution in [3.05, 3.63) is 62.7 Å². The van der Waals surface area contributed by atoms with Crippen molar-refractivity contribution < 1.29 is 19.6 Å². The van der Waals surface area contributed by atoms with Crippen LogP contribution in [-0.4, -0.2) is 17.4 Å². The Hall–Kier alpha value is -2.80. The average molecular weight is 362 g/mol. The van der Waals surface area contributed by atoms with Crippen LogP contribution in [0.25, 0.3) is 0 Å². The van der Waals surface area contributed by atoms with Gasteiger partial charge in [-0.2, -0.15) is 0 Å². The van der Waals surface area contributed by atoms with Gasteiger partial charge in [0.2, 0.25) is 5.91 Å². The quantitative estimate of drug-likeness (QED) is 0.664. The summed E-state index contributed by atoms with van der Waals surface area (Å²) in [5, 5.41) is 25.8. The Morgan fingerprint density at radius 1 is 1.32 bits per heavy atom. The van der Waals surface area contributed by atoms with Crippen molar-refractivity contribution in [2.45, 2.75) is 13.0 Å². The molecule has 0 fully saturated rings. The van der Waals surface area contributed by atoms with Crippen molar-refractivity contribution in [3.63, 3.8) is 0 Å². The van der Waals surface area contributed by atoms with Gasteiger partial charge in [0.05, 0.1) is 10.8 Å². The molecule has 2 aromatic rings. The summed E-state index contributed by atoms with van der Waals surface area (Å²) in [6.07, 6.45) is 0.473. The first-order valence-corrected chi connectivity index (χ1v) is 7.95. The summed E-state index contributed by atoms with van der Waals surface area (Å²) in [7, 11) is 0. The van der Waals surface area contributed by atoms with Crippen molar-refractivity contribution in [2.75, 3.05) is 6.61 Å². The van der Waals surface area contributed by atoms with E-state index in [0.29, 0.717) is 17.2 Å². The summed E-state index contributed by atoms with van der Waals surface area (Å²) in [5.74, 6) is -0.354. The number of nitrogens with zero attached hydrogens (tertiary/aromatic N) is 1. The third kappa shape index (κ3) is 3.83. The molecule has 3 rings (SSSR count). The first kappa shape index (κ1) is 17.0. The van der Waals surface area contributed by atoms with E-state index in [0.717, 1.165) is 17.7 Å². The third-order valence-corrected chi connectivity index (χ3v) is 4.24. The van der Waals surface area contributed by atoms with E-state index in [2.05, 4.69) is 5.32 Å². The lowest BCUT2D eigenvalue weighted by molar-refractivity contribution is -0.385. The molecule has 25 heavy (non-hydrogen) atoms. The summed E-state index contributed by atoms with van der Waals surface area (Å²) in [5.41, 5.74) is 0.829. The molecular formula is C17H14ClN2O5-. The Labute approximate surface area is 148 Å². The summed E-state index contributed by atoms with van der Waals surface area (Å²) in [6.45, 7) is 0.151. The second-order valence-electron chi connectivity index (χ2n) is 5.73. The van der Waals surface area contributed by atoms with E-state index >= 15 is 0 Å². The Kier molecular flexibility index (Phi) is 4.76. The first-order chi connectivity index (χ1) is 11.9. The number of ether oxygens (including phenoxy) is 1.